The van der Waals surface area contributed by atoms with Crippen molar-refractivity contribution in [1.29, 1.82) is 0 Å². The number of rotatable bonds is 11. The van der Waals surface area contributed by atoms with Crippen molar-refractivity contribution in [2.45, 2.75) is 27.2 Å². The molecule has 0 aromatic heterocycles. The standard InChI is InChI=1S/C19H27NO5/c1-5-8-24-12-15(4)18(21)20-7-6-9-25-17-13(2)10-16(19(22)23)11-14(17)3/h5,10-11,15H,1,6-9,12H2,2-4H3,(H,20,21)(H,22,23)/t15-/m1/s1. The summed E-state index contributed by atoms with van der Waals surface area (Å²) in [6.45, 7) is 10.8. The summed E-state index contributed by atoms with van der Waals surface area (Å²) in [5, 5.41) is 11.9. The minimum Gasteiger partial charge on any atom is -0.493 e. The molecule has 0 saturated carbocycles. The van der Waals surface area contributed by atoms with Gasteiger partial charge in [0, 0.05) is 6.54 Å². The van der Waals surface area contributed by atoms with Gasteiger partial charge in [-0.1, -0.05) is 13.0 Å². The van der Waals surface area contributed by atoms with E-state index in [1.165, 1.54) is 0 Å². The number of benzene rings is 1. The third-order valence-corrected chi connectivity index (χ3v) is 3.63. The Morgan fingerprint density at radius 1 is 1.32 bits per heavy atom. The number of carbonyl (C=O) groups excluding carboxylic acids is 1. The molecule has 0 bridgehead atoms. The second kappa shape index (κ2) is 10.5. The van der Waals surface area contributed by atoms with Gasteiger partial charge < -0.3 is 19.9 Å². The lowest BCUT2D eigenvalue weighted by Crippen LogP contribution is -2.33. The van der Waals surface area contributed by atoms with E-state index >= 15 is 0 Å². The fourth-order valence-corrected chi connectivity index (χ4v) is 2.34. The summed E-state index contributed by atoms with van der Waals surface area (Å²) in [7, 11) is 0. The zero-order valence-electron chi connectivity index (χ0n) is 15.1. The monoisotopic (exact) mass is 349 g/mol. The normalized spacial score (nSPS) is 11.6. The molecule has 0 aliphatic rings. The second-order valence-electron chi connectivity index (χ2n) is 5.96. The third-order valence-electron chi connectivity index (χ3n) is 3.63. The summed E-state index contributed by atoms with van der Waals surface area (Å²) < 4.78 is 11.0. The quantitative estimate of drug-likeness (QED) is 0.474. The molecule has 2 N–H and O–H groups in total. The van der Waals surface area contributed by atoms with Crippen LogP contribution < -0.4 is 10.1 Å². The molecule has 0 saturated heterocycles. The Labute approximate surface area is 148 Å². The van der Waals surface area contributed by atoms with Gasteiger partial charge in [-0.05, 0) is 43.5 Å². The van der Waals surface area contributed by atoms with Gasteiger partial charge in [0.1, 0.15) is 5.75 Å². The van der Waals surface area contributed by atoms with Crippen molar-refractivity contribution >= 4 is 11.9 Å². The number of hydrogen-bond donors (Lipinski definition) is 2. The lowest BCUT2D eigenvalue weighted by atomic mass is 10.1. The molecule has 25 heavy (non-hydrogen) atoms. The van der Waals surface area contributed by atoms with Crippen LogP contribution >= 0.6 is 0 Å². The Morgan fingerprint density at radius 2 is 1.96 bits per heavy atom. The Hall–Kier alpha value is -2.34. The molecule has 0 heterocycles. The van der Waals surface area contributed by atoms with Crippen LogP contribution in [-0.4, -0.2) is 43.3 Å². The van der Waals surface area contributed by atoms with Crippen LogP contribution in [0.5, 0.6) is 5.75 Å². The molecule has 0 radical (unpaired) electrons. The summed E-state index contributed by atoms with van der Waals surface area (Å²) in [5.74, 6) is -0.523. The molecular formula is C19H27NO5. The first kappa shape index (κ1) is 20.7. The first-order valence-electron chi connectivity index (χ1n) is 8.30. The first-order chi connectivity index (χ1) is 11.9. The van der Waals surface area contributed by atoms with Crippen LogP contribution in [0.3, 0.4) is 0 Å². The van der Waals surface area contributed by atoms with Crippen LogP contribution in [0.2, 0.25) is 0 Å². The molecule has 6 heteroatoms. The predicted octanol–water partition coefficient (Wildman–Crippen LogP) is 2.73. The number of aromatic carboxylic acids is 1. The molecule has 1 atom stereocenters. The maximum atomic E-state index is 11.9. The minimum absolute atomic E-state index is 0.0535. The van der Waals surface area contributed by atoms with Crippen molar-refractivity contribution in [2.75, 3.05) is 26.4 Å². The van der Waals surface area contributed by atoms with Crippen molar-refractivity contribution in [3.8, 4) is 5.75 Å². The molecule has 0 spiro atoms. The fourth-order valence-electron chi connectivity index (χ4n) is 2.34. The number of carboxylic acids is 1. The topological polar surface area (TPSA) is 84.9 Å². The van der Waals surface area contributed by atoms with Crippen molar-refractivity contribution in [1.82, 2.24) is 5.32 Å². The number of aryl methyl sites for hydroxylation is 2. The maximum absolute atomic E-state index is 11.9. The van der Waals surface area contributed by atoms with Crippen LogP contribution in [-0.2, 0) is 9.53 Å². The van der Waals surface area contributed by atoms with E-state index in [1.807, 2.05) is 20.8 Å². The van der Waals surface area contributed by atoms with Crippen molar-refractivity contribution in [3.05, 3.63) is 41.5 Å². The number of ether oxygens (including phenoxy) is 2. The van der Waals surface area contributed by atoms with E-state index in [0.717, 1.165) is 11.1 Å². The van der Waals surface area contributed by atoms with Crippen LogP contribution in [0, 0.1) is 19.8 Å². The molecule has 0 unspecified atom stereocenters. The molecule has 138 valence electrons. The van der Waals surface area contributed by atoms with Crippen LogP contribution in [0.1, 0.15) is 34.8 Å². The van der Waals surface area contributed by atoms with Crippen LogP contribution in [0.4, 0.5) is 0 Å². The largest absolute Gasteiger partial charge is 0.493 e. The van der Waals surface area contributed by atoms with Gasteiger partial charge >= 0.3 is 5.97 Å². The summed E-state index contributed by atoms with van der Waals surface area (Å²) in [5.41, 5.74) is 1.83. The highest BCUT2D eigenvalue weighted by Gasteiger charge is 2.13. The molecule has 1 aromatic carbocycles. The molecule has 1 aromatic rings. The van der Waals surface area contributed by atoms with Gasteiger partial charge in [0.2, 0.25) is 5.91 Å². The highest BCUT2D eigenvalue weighted by molar-refractivity contribution is 5.88. The molecule has 1 rings (SSSR count). The minimum atomic E-state index is -0.952. The van der Waals surface area contributed by atoms with Crippen LogP contribution in [0.25, 0.3) is 0 Å². The van der Waals surface area contributed by atoms with E-state index < -0.39 is 5.97 Å². The van der Waals surface area contributed by atoms with Gasteiger partial charge in [-0.2, -0.15) is 0 Å². The van der Waals surface area contributed by atoms with E-state index in [-0.39, 0.29) is 17.4 Å². The lowest BCUT2D eigenvalue weighted by molar-refractivity contribution is -0.126. The Bertz CT molecular complexity index is 589. The molecule has 6 nitrogen and oxygen atoms in total. The van der Waals surface area contributed by atoms with Gasteiger partial charge in [0.15, 0.2) is 0 Å². The van der Waals surface area contributed by atoms with Gasteiger partial charge in [-0.25, -0.2) is 4.79 Å². The van der Waals surface area contributed by atoms with Crippen molar-refractivity contribution in [3.63, 3.8) is 0 Å². The second-order valence-corrected chi connectivity index (χ2v) is 5.96. The van der Waals surface area contributed by atoms with Gasteiger partial charge in [0.05, 0.1) is 31.3 Å². The maximum Gasteiger partial charge on any atom is 0.335 e. The smallest absolute Gasteiger partial charge is 0.335 e. The Morgan fingerprint density at radius 3 is 2.52 bits per heavy atom. The molecular weight excluding hydrogens is 322 g/mol. The number of carboxylic acid groups (broad SMARTS) is 1. The third kappa shape index (κ3) is 6.97. The molecule has 1 amide bonds. The predicted molar refractivity (Wildman–Crippen MR) is 96.2 cm³/mol. The lowest BCUT2D eigenvalue weighted by Gasteiger charge is -2.14. The Kier molecular flexibility index (Phi) is 8.70. The van der Waals surface area contributed by atoms with Crippen molar-refractivity contribution in [2.24, 2.45) is 5.92 Å². The average molecular weight is 349 g/mol. The number of amides is 1. The van der Waals surface area contributed by atoms with E-state index in [0.29, 0.717) is 38.5 Å². The number of carbonyl (C=O) groups is 2. The molecule has 0 aliphatic carbocycles. The molecule has 0 fully saturated rings. The van der Waals surface area contributed by atoms with Gasteiger partial charge in [-0.15, -0.1) is 6.58 Å². The van der Waals surface area contributed by atoms with Gasteiger partial charge in [0.25, 0.3) is 0 Å². The highest BCUT2D eigenvalue weighted by atomic mass is 16.5. The van der Waals surface area contributed by atoms with Crippen LogP contribution in [0.15, 0.2) is 24.8 Å². The summed E-state index contributed by atoms with van der Waals surface area (Å²) >= 11 is 0. The number of nitrogens with one attached hydrogen (secondary N) is 1. The number of hydrogen-bond acceptors (Lipinski definition) is 4. The highest BCUT2D eigenvalue weighted by Crippen LogP contribution is 2.25. The van der Waals surface area contributed by atoms with Crippen molar-refractivity contribution < 1.29 is 24.2 Å². The zero-order chi connectivity index (χ0) is 18.8. The summed E-state index contributed by atoms with van der Waals surface area (Å²) in [6, 6.07) is 3.19. The SMILES string of the molecule is C=CCOC[C@@H](C)C(=O)NCCCOc1c(C)cc(C(=O)O)cc1C. The molecule has 0 aliphatic heterocycles. The fraction of sp³-hybridized carbons (Fsp3) is 0.474. The zero-order valence-corrected chi connectivity index (χ0v) is 15.1. The summed E-state index contributed by atoms with van der Waals surface area (Å²) in [4.78, 5) is 22.9. The summed E-state index contributed by atoms with van der Waals surface area (Å²) in [6.07, 6.45) is 2.31. The van der Waals surface area contributed by atoms with E-state index in [9.17, 15) is 9.59 Å². The van der Waals surface area contributed by atoms with E-state index in [4.69, 9.17) is 14.6 Å². The first-order valence-corrected chi connectivity index (χ1v) is 8.30. The average Bonchev–Trinajstić information content (AvgIpc) is 2.56. The van der Waals surface area contributed by atoms with E-state index in [2.05, 4.69) is 11.9 Å². The van der Waals surface area contributed by atoms with E-state index in [1.54, 1.807) is 18.2 Å². The van der Waals surface area contributed by atoms with Gasteiger partial charge in [-0.3, -0.25) is 4.79 Å². The Balaban J connectivity index is 2.35.